The van der Waals surface area contributed by atoms with Crippen LogP contribution in [0.5, 0.6) is 0 Å². The number of hydrogen-bond donors (Lipinski definition) is 0. The van der Waals surface area contributed by atoms with Gasteiger partial charge in [-0.3, -0.25) is 0 Å². The van der Waals surface area contributed by atoms with E-state index < -0.39 is 11.6 Å². The second-order valence-electron chi connectivity index (χ2n) is 6.90. The summed E-state index contributed by atoms with van der Waals surface area (Å²) in [7, 11) is 0. The second kappa shape index (κ2) is 4.75. The van der Waals surface area contributed by atoms with E-state index in [1.54, 1.807) is 0 Å². The molecule has 1 aromatic carbocycles. The minimum Gasteiger partial charge on any atom is -0.355 e. The van der Waals surface area contributed by atoms with Gasteiger partial charge in [0.1, 0.15) is 17.2 Å². The van der Waals surface area contributed by atoms with Crippen molar-refractivity contribution in [3.05, 3.63) is 29.1 Å². The molecule has 2 aliphatic rings. The molecule has 0 spiro atoms. The average Bonchev–Trinajstić information content (AvgIpc) is 2.72. The maximum Gasteiger partial charge on any atom is 0.225 e. The van der Waals surface area contributed by atoms with Crippen LogP contribution in [0.3, 0.4) is 0 Å². The molecule has 0 amide bonds. The van der Waals surface area contributed by atoms with Crippen molar-refractivity contribution < 1.29 is 8.78 Å². The molecular formula is C16H16ClF2N3. The third-order valence-corrected chi connectivity index (χ3v) is 5.13. The summed E-state index contributed by atoms with van der Waals surface area (Å²) in [5, 5.41) is 0.392. The highest BCUT2D eigenvalue weighted by molar-refractivity contribution is 6.28. The molecule has 0 N–H and O–H groups in total. The normalized spacial score (nSPS) is 27.6. The lowest BCUT2D eigenvalue weighted by Crippen LogP contribution is -2.42. The van der Waals surface area contributed by atoms with E-state index in [1.807, 2.05) is 0 Å². The molecule has 2 fully saturated rings. The number of aromatic nitrogens is 2. The molecule has 0 radical (unpaired) electrons. The zero-order valence-electron chi connectivity index (χ0n) is 12.2. The summed E-state index contributed by atoms with van der Waals surface area (Å²) in [5.74, 6) is -0.165. The number of halogens is 3. The Balaban J connectivity index is 1.88. The molecule has 2 bridgehead atoms. The zero-order valence-corrected chi connectivity index (χ0v) is 13.0. The smallest absolute Gasteiger partial charge is 0.225 e. The highest BCUT2D eigenvalue weighted by atomic mass is 35.5. The van der Waals surface area contributed by atoms with E-state index in [0.29, 0.717) is 17.1 Å². The molecule has 4 rings (SSSR count). The fraction of sp³-hybridized carbons (Fsp3) is 0.500. The van der Waals surface area contributed by atoms with E-state index in [-0.39, 0.29) is 16.2 Å². The predicted molar refractivity (Wildman–Crippen MR) is 82.1 cm³/mol. The highest BCUT2D eigenvalue weighted by Crippen LogP contribution is 2.47. The quantitative estimate of drug-likeness (QED) is 0.737. The van der Waals surface area contributed by atoms with Crippen LogP contribution in [0.1, 0.15) is 26.2 Å². The number of rotatable bonds is 1. The van der Waals surface area contributed by atoms with Crippen LogP contribution in [0.4, 0.5) is 14.6 Å². The van der Waals surface area contributed by atoms with Crippen LogP contribution in [0.25, 0.3) is 10.9 Å². The first-order valence-corrected chi connectivity index (χ1v) is 7.89. The van der Waals surface area contributed by atoms with Gasteiger partial charge < -0.3 is 4.90 Å². The van der Waals surface area contributed by atoms with Gasteiger partial charge in [-0.25, -0.2) is 13.8 Å². The van der Waals surface area contributed by atoms with E-state index in [0.717, 1.165) is 19.2 Å². The number of fused-ring (bicyclic) bond motifs is 3. The lowest BCUT2D eigenvalue weighted by molar-refractivity contribution is 0.286. The standard InChI is InChI=1S/C16H16ClF2N3/c1-16-3-2-9(6-16)7-22(8-16)14-11-4-10(18)5-12(19)13(11)20-15(17)21-14/h4-5,9H,2-3,6-8H2,1H3/t9-,16-/m0/s1. The lowest BCUT2D eigenvalue weighted by Gasteiger charge is -2.39. The number of anilines is 1. The van der Waals surface area contributed by atoms with Gasteiger partial charge in [0.2, 0.25) is 5.28 Å². The summed E-state index contributed by atoms with van der Waals surface area (Å²) in [6.45, 7) is 3.96. The Labute approximate surface area is 132 Å². The molecule has 1 saturated heterocycles. The number of hydrogen-bond acceptors (Lipinski definition) is 3. The minimum atomic E-state index is -0.702. The van der Waals surface area contributed by atoms with Crippen molar-refractivity contribution in [3.63, 3.8) is 0 Å². The average molecular weight is 324 g/mol. The molecule has 1 aliphatic carbocycles. The first-order chi connectivity index (χ1) is 10.4. The topological polar surface area (TPSA) is 29.0 Å². The first kappa shape index (κ1) is 14.1. The molecule has 6 heteroatoms. The van der Waals surface area contributed by atoms with E-state index in [2.05, 4.69) is 21.8 Å². The van der Waals surface area contributed by atoms with Crippen molar-refractivity contribution >= 4 is 28.3 Å². The van der Waals surface area contributed by atoms with E-state index in [1.165, 1.54) is 25.3 Å². The van der Waals surface area contributed by atoms with E-state index >= 15 is 0 Å². The summed E-state index contributed by atoms with van der Waals surface area (Å²) >= 11 is 5.97. The van der Waals surface area contributed by atoms with Crippen LogP contribution in [-0.4, -0.2) is 23.1 Å². The summed E-state index contributed by atoms with van der Waals surface area (Å²) in [4.78, 5) is 10.3. The number of nitrogens with zero attached hydrogens (tertiary/aromatic N) is 3. The van der Waals surface area contributed by atoms with Gasteiger partial charge in [0, 0.05) is 24.5 Å². The van der Waals surface area contributed by atoms with Crippen LogP contribution >= 0.6 is 11.6 Å². The summed E-state index contributed by atoms with van der Waals surface area (Å²) < 4.78 is 27.6. The Morgan fingerprint density at radius 3 is 2.91 bits per heavy atom. The van der Waals surface area contributed by atoms with Crippen LogP contribution in [0, 0.1) is 23.0 Å². The van der Waals surface area contributed by atoms with Gasteiger partial charge in [0.15, 0.2) is 5.82 Å². The van der Waals surface area contributed by atoms with Crippen molar-refractivity contribution in [1.82, 2.24) is 9.97 Å². The molecule has 0 unspecified atom stereocenters. The summed E-state index contributed by atoms with van der Waals surface area (Å²) in [6.07, 6.45) is 3.60. The fourth-order valence-corrected chi connectivity index (χ4v) is 4.27. The third-order valence-electron chi connectivity index (χ3n) is 4.96. The fourth-order valence-electron chi connectivity index (χ4n) is 4.11. The molecule has 2 aromatic rings. The maximum absolute atomic E-state index is 14.0. The molecule has 22 heavy (non-hydrogen) atoms. The van der Waals surface area contributed by atoms with Crippen LogP contribution in [0.15, 0.2) is 12.1 Å². The van der Waals surface area contributed by atoms with Crippen molar-refractivity contribution in [3.8, 4) is 0 Å². The monoisotopic (exact) mass is 323 g/mol. The van der Waals surface area contributed by atoms with Gasteiger partial charge in [-0.2, -0.15) is 4.98 Å². The van der Waals surface area contributed by atoms with Gasteiger partial charge in [0.25, 0.3) is 0 Å². The lowest BCUT2D eigenvalue weighted by atomic mass is 9.84. The molecule has 2 heterocycles. The minimum absolute atomic E-state index is 0.00363. The third kappa shape index (κ3) is 2.22. The zero-order chi connectivity index (χ0) is 15.5. The Kier molecular flexibility index (Phi) is 3.05. The Morgan fingerprint density at radius 1 is 1.32 bits per heavy atom. The molecule has 116 valence electrons. The van der Waals surface area contributed by atoms with Crippen LogP contribution in [0.2, 0.25) is 5.28 Å². The SMILES string of the molecule is C[C@@]12CC[C@H](CN(c3nc(Cl)nc4c(F)cc(F)cc34)C1)C2. The van der Waals surface area contributed by atoms with Crippen LogP contribution < -0.4 is 4.90 Å². The Hall–Kier alpha value is -1.49. The first-order valence-electron chi connectivity index (χ1n) is 7.51. The number of piperidine rings is 1. The Morgan fingerprint density at radius 2 is 2.14 bits per heavy atom. The second-order valence-corrected chi connectivity index (χ2v) is 7.24. The summed E-state index contributed by atoms with van der Waals surface area (Å²) in [6, 6.07) is 2.12. The molecule has 3 nitrogen and oxygen atoms in total. The highest BCUT2D eigenvalue weighted by Gasteiger charge is 2.42. The molecule has 1 saturated carbocycles. The number of benzene rings is 1. The molecule has 1 aromatic heterocycles. The molecule has 1 aliphatic heterocycles. The van der Waals surface area contributed by atoms with Crippen molar-refractivity contribution in [2.24, 2.45) is 11.3 Å². The molecule has 2 atom stereocenters. The van der Waals surface area contributed by atoms with Crippen molar-refractivity contribution in [1.29, 1.82) is 0 Å². The van der Waals surface area contributed by atoms with Gasteiger partial charge in [-0.1, -0.05) is 6.92 Å². The van der Waals surface area contributed by atoms with Crippen molar-refractivity contribution in [2.45, 2.75) is 26.2 Å². The van der Waals surface area contributed by atoms with Crippen molar-refractivity contribution in [2.75, 3.05) is 18.0 Å². The summed E-state index contributed by atoms with van der Waals surface area (Å²) in [5.41, 5.74) is 0.331. The van der Waals surface area contributed by atoms with E-state index in [4.69, 9.17) is 11.6 Å². The largest absolute Gasteiger partial charge is 0.355 e. The van der Waals surface area contributed by atoms with E-state index in [9.17, 15) is 8.78 Å². The predicted octanol–water partition coefficient (Wildman–Crippen LogP) is 4.19. The Bertz CT molecular complexity index is 767. The van der Waals surface area contributed by atoms with Gasteiger partial charge in [-0.15, -0.1) is 0 Å². The van der Waals surface area contributed by atoms with Gasteiger partial charge in [0.05, 0.1) is 0 Å². The maximum atomic E-state index is 14.0. The van der Waals surface area contributed by atoms with Gasteiger partial charge in [-0.05, 0) is 48.3 Å². The molecular weight excluding hydrogens is 308 g/mol. The van der Waals surface area contributed by atoms with Crippen LogP contribution in [-0.2, 0) is 0 Å². The van der Waals surface area contributed by atoms with Gasteiger partial charge >= 0.3 is 0 Å².